The largest absolute Gasteiger partial charge is 0.489 e. The van der Waals surface area contributed by atoms with E-state index >= 15 is 0 Å². The first-order valence-electron chi connectivity index (χ1n) is 5.56. The molecule has 1 heterocycles. The number of aromatic nitrogens is 1. The van der Waals surface area contributed by atoms with Crippen LogP contribution in [0.1, 0.15) is 19.5 Å². The van der Waals surface area contributed by atoms with Crippen molar-refractivity contribution in [3.05, 3.63) is 24.0 Å². The van der Waals surface area contributed by atoms with E-state index in [1.54, 1.807) is 18.3 Å². The van der Waals surface area contributed by atoms with E-state index < -0.39 is 0 Å². The van der Waals surface area contributed by atoms with Crippen LogP contribution in [0.2, 0.25) is 0 Å². The molecule has 2 N–H and O–H groups in total. The van der Waals surface area contributed by atoms with E-state index in [0.29, 0.717) is 30.6 Å². The summed E-state index contributed by atoms with van der Waals surface area (Å²) in [7, 11) is 0. The van der Waals surface area contributed by atoms with Crippen LogP contribution in [0.15, 0.2) is 18.3 Å². The molecule has 94 valence electrons. The highest BCUT2D eigenvalue weighted by atomic mass is 32.1. The van der Waals surface area contributed by atoms with E-state index in [9.17, 15) is 0 Å². The number of hydrogen-bond donors (Lipinski definition) is 1. The summed E-state index contributed by atoms with van der Waals surface area (Å²) in [6.07, 6.45) is 1.64. The first-order chi connectivity index (χ1) is 8.11. The summed E-state index contributed by atoms with van der Waals surface area (Å²) in [5.74, 6) is 1.13. The fourth-order valence-electron chi connectivity index (χ4n) is 1.22. The molecule has 1 aromatic heterocycles. The van der Waals surface area contributed by atoms with Gasteiger partial charge in [0.05, 0.1) is 6.61 Å². The van der Waals surface area contributed by atoms with Crippen molar-refractivity contribution in [3.8, 4) is 5.75 Å². The molecule has 0 saturated heterocycles. The number of rotatable bonds is 7. The monoisotopic (exact) mass is 254 g/mol. The van der Waals surface area contributed by atoms with Gasteiger partial charge in [-0.15, -0.1) is 0 Å². The fourth-order valence-corrected chi connectivity index (χ4v) is 1.37. The van der Waals surface area contributed by atoms with Crippen LogP contribution in [0.3, 0.4) is 0 Å². The zero-order valence-corrected chi connectivity index (χ0v) is 11.0. The molecular formula is C12H18N2O2S. The Hall–Kier alpha value is -1.20. The number of thiocarbonyl (C=S) groups is 1. The summed E-state index contributed by atoms with van der Waals surface area (Å²) in [6.45, 7) is 5.95. The van der Waals surface area contributed by atoms with Crippen molar-refractivity contribution in [2.75, 3.05) is 19.8 Å². The lowest BCUT2D eigenvalue weighted by Crippen LogP contribution is -2.16. The van der Waals surface area contributed by atoms with Crippen LogP contribution in [0.25, 0.3) is 0 Å². The minimum Gasteiger partial charge on any atom is -0.489 e. The number of nitrogens with two attached hydrogens (primary N) is 1. The van der Waals surface area contributed by atoms with Gasteiger partial charge in [-0.25, -0.2) is 4.98 Å². The number of ether oxygens (including phenoxy) is 2. The maximum absolute atomic E-state index is 5.54. The van der Waals surface area contributed by atoms with Crippen molar-refractivity contribution in [1.82, 2.24) is 4.98 Å². The van der Waals surface area contributed by atoms with E-state index in [2.05, 4.69) is 18.8 Å². The van der Waals surface area contributed by atoms with Crippen LogP contribution in [0.4, 0.5) is 0 Å². The molecule has 0 aliphatic heterocycles. The average molecular weight is 254 g/mol. The molecule has 0 amide bonds. The van der Waals surface area contributed by atoms with Gasteiger partial charge in [0.2, 0.25) is 0 Å². The Bertz CT molecular complexity index is 369. The Morgan fingerprint density at radius 3 is 2.88 bits per heavy atom. The van der Waals surface area contributed by atoms with Gasteiger partial charge in [0.15, 0.2) is 0 Å². The van der Waals surface area contributed by atoms with Gasteiger partial charge in [-0.3, -0.25) is 0 Å². The van der Waals surface area contributed by atoms with Gasteiger partial charge >= 0.3 is 0 Å². The SMILES string of the molecule is CC(C)COCCOc1cccnc1C(N)=S. The molecule has 1 aromatic rings. The maximum Gasteiger partial charge on any atom is 0.148 e. The van der Waals surface area contributed by atoms with Crippen molar-refractivity contribution in [2.45, 2.75) is 13.8 Å². The number of pyridine rings is 1. The molecule has 0 aliphatic rings. The van der Waals surface area contributed by atoms with E-state index in [0.717, 1.165) is 6.61 Å². The highest BCUT2D eigenvalue weighted by Gasteiger charge is 2.06. The molecule has 0 spiro atoms. The summed E-state index contributed by atoms with van der Waals surface area (Å²) in [6, 6.07) is 3.58. The Morgan fingerprint density at radius 2 is 2.24 bits per heavy atom. The van der Waals surface area contributed by atoms with Crippen LogP contribution < -0.4 is 10.5 Å². The smallest absolute Gasteiger partial charge is 0.148 e. The molecule has 5 heteroatoms. The highest BCUT2D eigenvalue weighted by Crippen LogP contribution is 2.14. The molecule has 0 saturated carbocycles. The lowest BCUT2D eigenvalue weighted by atomic mass is 10.2. The minimum atomic E-state index is 0.240. The summed E-state index contributed by atoms with van der Waals surface area (Å²) in [4.78, 5) is 4.31. The summed E-state index contributed by atoms with van der Waals surface area (Å²) >= 11 is 4.89. The van der Waals surface area contributed by atoms with Crippen molar-refractivity contribution < 1.29 is 9.47 Å². The predicted octanol–water partition coefficient (Wildman–Crippen LogP) is 1.77. The Labute approximate surface area is 107 Å². The van der Waals surface area contributed by atoms with Gasteiger partial charge in [-0.05, 0) is 18.1 Å². The molecule has 0 atom stereocenters. The van der Waals surface area contributed by atoms with E-state index in [1.807, 2.05) is 0 Å². The van der Waals surface area contributed by atoms with Crippen molar-refractivity contribution in [1.29, 1.82) is 0 Å². The quantitative estimate of drug-likeness (QED) is 0.593. The van der Waals surface area contributed by atoms with Crippen LogP contribution in [-0.4, -0.2) is 29.8 Å². The molecule has 17 heavy (non-hydrogen) atoms. The third-order valence-corrected chi connectivity index (χ3v) is 2.13. The van der Waals surface area contributed by atoms with Crippen LogP contribution >= 0.6 is 12.2 Å². The first-order valence-corrected chi connectivity index (χ1v) is 5.97. The summed E-state index contributed by atoms with van der Waals surface area (Å²) < 4.78 is 10.9. The Kier molecular flexibility index (Phi) is 5.86. The number of nitrogens with zero attached hydrogens (tertiary/aromatic N) is 1. The topological polar surface area (TPSA) is 57.4 Å². The normalized spacial score (nSPS) is 10.5. The average Bonchev–Trinajstić information content (AvgIpc) is 2.28. The standard InChI is InChI=1S/C12H18N2O2S/c1-9(2)8-15-6-7-16-10-4-3-5-14-11(10)12(13)17/h3-5,9H,6-8H2,1-2H3,(H2,13,17). The van der Waals surface area contributed by atoms with E-state index in [4.69, 9.17) is 27.4 Å². The third kappa shape index (κ3) is 5.10. The molecule has 0 aromatic carbocycles. The molecule has 0 bridgehead atoms. The lowest BCUT2D eigenvalue weighted by Gasteiger charge is -2.10. The summed E-state index contributed by atoms with van der Waals surface area (Å²) in [5.41, 5.74) is 6.06. The van der Waals surface area contributed by atoms with Crippen molar-refractivity contribution in [3.63, 3.8) is 0 Å². The number of hydrogen-bond acceptors (Lipinski definition) is 4. The van der Waals surface area contributed by atoms with Gasteiger partial charge in [-0.2, -0.15) is 0 Å². The fraction of sp³-hybridized carbons (Fsp3) is 0.500. The van der Waals surface area contributed by atoms with Gasteiger partial charge in [-0.1, -0.05) is 26.1 Å². The van der Waals surface area contributed by atoms with Crippen LogP contribution in [0.5, 0.6) is 5.75 Å². The minimum absolute atomic E-state index is 0.240. The second-order valence-electron chi connectivity index (χ2n) is 4.03. The maximum atomic E-state index is 5.54. The van der Waals surface area contributed by atoms with E-state index in [-0.39, 0.29) is 4.99 Å². The molecular weight excluding hydrogens is 236 g/mol. The molecule has 0 fully saturated rings. The summed E-state index contributed by atoms with van der Waals surface area (Å²) in [5, 5.41) is 0. The first kappa shape index (κ1) is 13.9. The zero-order chi connectivity index (χ0) is 12.7. The van der Waals surface area contributed by atoms with Crippen LogP contribution in [-0.2, 0) is 4.74 Å². The molecule has 0 aliphatic carbocycles. The predicted molar refractivity (Wildman–Crippen MR) is 71.3 cm³/mol. The van der Waals surface area contributed by atoms with Gasteiger partial charge in [0.1, 0.15) is 23.0 Å². The lowest BCUT2D eigenvalue weighted by molar-refractivity contribution is 0.0817. The van der Waals surface area contributed by atoms with Crippen molar-refractivity contribution >= 4 is 17.2 Å². The second kappa shape index (κ2) is 7.19. The highest BCUT2D eigenvalue weighted by molar-refractivity contribution is 7.80. The molecule has 0 radical (unpaired) electrons. The van der Waals surface area contributed by atoms with E-state index in [1.165, 1.54) is 0 Å². The van der Waals surface area contributed by atoms with Crippen molar-refractivity contribution in [2.24, 2.45) is 11.7 Å². The zero-order valence-electron chi connectivity index (χ0n) is 10.2. The van der Waals surface area contributed by atoms with Gasteiger partial charge < -0.3 is 15.2 Å². The van der Waals surface area contributed by atoms with Crippen LogP contribution in [0, 0.1) is 5.92 Å². The molecule has 0 unspecified atom stereocenters. The van der Waals surface area contributed by atoms with Gasteiger partial charge in [0.25, 0.3) is 0 Å². The van der Waals surface area contributed by atoms with Gasteiger partial charge in [0, 0.05) is 12.8 Å². The second-order valence-corrected chi connectivity index (χ2v) is 4.47. The molecule has 1 rings (SSSR count). The third-order valence-electron chi connectivity index (χ3n) is 1.94. The Balaban J connectivity index is 2.39. The Morgan fingerprint density at radius 1 is 1.47 bits per heavy atom. The molecule has 4 nitrogen and oxygen atoms in total.